The molecule has 0 amide bonds. The van der Waals surface area contributed by atoms with Gasteiger partial charge >= 0.3 is 5.97 Å². The summed E-state index contributed by atoms with van der Waals surface area (Å²) in [6, 6.07) is 0. The van der Waals surface area contributed by atoms with Gasteiger partial charge < -0.3 is 10.4 Å². The zero-order chi connectivity index (χ0) is 11.3. The van der Waals surface area contributed by atoms with Gasteiger partial charge in [0.25, 0.3) is 0 Å². The molecule has 1 rings (SSSR count). The Balaban J connectivity index is 2.17. The molecule has 1 saturated carbocycles. The average molecular weight is 211 g/mol. The number of hydrogen-bond acceptors (Lipinski definition) is 2. The van der Waals surface area contributed by atoms with E-state index in [0.717, 1.165) is 6.54 Å². The van der Waals surface area contributed by atoms with Crippen LogP contribution >= 0.6 is 0 Å². The van der Waals surface area contributed by atoms with Crippen LogP contribution in [0.3, 0.4) is 0 Å². The maximum absolute atomic E-state index is 10.5. The maximum Gasteiger partial charge on any atom is 0.330 e. The summed E-state index contributed by atoms with van der Waals surface area (Å²) in [6.45, 7) is 5.55. The van der Waals surface area contributed by atoms with E-state index in [2.05, 4.69) is 12.2 Å². The average Bonchev–Trinajstić information content (AvgIpc) is 2.93. The first kappa shape index (κ1) is 12.2. The van der Waals surface area contributed by atoms with E-state index in [1.54, 1.807) is 13.0 Å². The number of hydrogen-bond donors (Lipinski definition) is 2. The molecular weight excluding hydrogens is 190 g/mol. The van der Waals surface area contributed by atoms with Crippen LogP contribution in [-0.2, 0) is 4.79 Å². The summed E-state index contributed by atoms with van der Waals surface area (Å²) < 4.78 is 0. The standard InChI is InChI=1S/C12H21NO2/c1-3-5-12(6-7-12)9-13-8-4-10(2)11(14)15/h4,13H,3,5-9H2,1-2H3,(H,14,15)/b10-4-. The lowest BCUT2D eigenvalue weighted by Crippen LogP contribution is -2.24. The van der Waals surface area contributed by atoms with Crippen molar-refractivity contribution in [3.05, 3.63) is 11.6 Å². The van der Waals surface area contributed by atoms with E-state index < -0.39 is 5.97 Å². The largest absolute Gasteiger partial charge is 0.478 e. The fourth-order valence-electron chi connectivity index (χ4n) is 1.87. The van der Waals surface area contributed by atoms with Crippen LogP contribution in [0.25, 0.3) is 0 Å². The second-order valence-electron chi connectivity index (χ2n) is 4.57. The van der Waals surface area contributed by atoms with Crippen LogP contribution in [0.1, 0.15) is 39.5 Å². The zero-order valence-corrected chi connectivity index (χ0v) is 9.68. The molecule has 2 N–H and O–H groups in total. The number of carboxylic acids is 1. The van der Waals surface area contributed by atoms with Crippen molar-refractivity contribution in [2.75, 3.05) is 13.1 Å². The van der Waals surface area contributed by atoms with Crippen molar-refractivity contribution in [1.82, 2.24) is 5.32 Å². The van der Waals surface area contributed by atoms with E-state index in [-0.39, 0.29) is 0 Å². The fraction of sp³-hybridized carbons (Fsp3) is 0.750. The Kier molecular flexibility index (Phi) is 4.33. The third kappa shape index (κ3) is 4.04. The van der Waals surface area contributed by atoms with E-state index in [9.17, 15) is 4.79 Å². The second-order valence-corrected chi connectivity index (χ2v) is 4.57. The molecule has 0 aromatic rings. The molecule has 0 aliphatic heterocycles. The minimum absolute atomic E-state index is 0.419. The van der Waals surface area contributed by atoms with Gasteiger partial charge in [-0.25, -0.2) is 4.79 Å². The quantitative estimate of drug-likeness (QED) is 0.501. The predicted octanol–water partition coefficient (Wildman–Crippen LogP) is 2.19. The predicted molar refractivity (Wildman–Crippen MR) is 60.8 cm³/mol. The van der Waals surface area contributed by atoms with Gasteiger partial charge in [0.05, 0.1) is 0 Å². The number of aliphatic carboxylic acids is 1. The van der Waals surface area contributed by atoms with Crippen LogP contribution in [0, 0.1) is 5.41 Å². The van der Waals surface area contributed by atoms with Crippen molar-refractivity contribution in [2.45, 2.75) is 39.5 Å². The molecule has 3 heteroatoms. The SMILES string of the molecule is CCCC1(CNC/C=C(/C)C(=O)O)CC1. The van der Waals surface area contributed by atoms with Crippen molar-refractivity contribution in [1.29, 1.82) is 0 Å². The van der Waals surface area contributed by atoms with Crippen LogP contribution < -0.4 is 5.32 Å². The van der Waals surface area contributed by atoms with Crippen molar-refractivity contribution >= 4 is 5.97 Å². The summed E-state index contributed by atoms with van der Waals surface area (Å²) in [5.41, 5.74) is 0.961. The van der Waals surface area contributed by atoms with E-state index in [0.29, 0.717) is 17.5 Å². The highest BCUT2D eigenvalue weighted by atomic mass is 16.4. The van der Waals surface area contributed by atoms with E-state index in [1.807, 2.05) is 0 Å². The van der Waals surface area contributed by atoms with Gasteiger partial charge in [-0.05, 0) is 31.6 Å². The van der Waals surface area contributed by atoms with Crippen LogP contribution in [0.5, 0.6) is 0 Å². The smallest absolute Gasteiger partial charge is 0.330 e. The van der Waals surface area contributed by atoms with Gasteiger partial charge in [-0.15, -0.1) is 0 Å². The van der Waals surface area contributed by atoms with Crippen molar-refractivity contribution in [2.24, 2.45) is 5.41 Å². The Morgan fingerprint density at radius 3 is 2.67 bits per heavy atom. The minimum Gasteiger partial charge on any atom is -0.478 e. The number of carbonyl (C=O) groups is 1. The molecule has 0 heterocycles. The third-order valence-corrected chi connectivity index (χ3v) is 3.13. The minimum atomic E-state index is -0.827. The highest BCUT2D eigenvalue weighted by molar-refractivity contribution is 5.85. The fourth-order valence-corrected chi connectivity index (χ4v) is 1.87. The van der Waals surface area contributed by atoms with Crippen LogP contribution in [0.2, 0.25) is 0 Å². The first-order valence-corrected chi connectivity index (χ1v) is 5.70. The molecule has 0 radical (unpaired) electrons. The van der Waals surface area contributed by atoms with Gasteiger partial charge in [-0.1, -0.05) is 19.4 Å². The number of rotatable bonds is 7. The first-order chi connectivity index (χ1) is 7.09. The Morgan fingerprint density at radius 1 is 1.53 bits per heavy atom. The molecule has 0 saturated heterocycles. The summed E-state index contributed by atoms with van der Waals surface area (Å²) >= 11 is 0. The van der Waals surface area contributed by atoms with Gasteiger partial charge in [0.1, 0.15) is 0 Å². The summed E-state index contributed by atoms with van der Waals surface area (Å²) in [6.07, 6.45) is 6.93. The van der Waals surface area contributed by atoms with Crippen LogP contribution in [-0.4, -0.2) is 24.2 Å². The molecule has 3 nitrogen and oxygen atoms in total. The van der Waals surface area contributed by atoms with Gasteiger partial charge in [-0.3, -0.25) is 0 Å². The van der Waals surface area contributed by atoms with Crippen molar-refractivity contribution < 1.29 is 9.90 Å². The number of carboxylic acid groups (broad SMARTS) is 1. The first-order valence-electron chi connectivity index (χ1n) is 5.70. The molecule has 0 aromatic heterocycles. The highest BCUT2D eigenvalue weighted by Gasteiger charge is 2.40. The molecule has 0 bridgehead atoms. The molecule has 86 valence electrons. The highest BCUT2D eigenvalue weighted by Crippen LogP contribution is 2.48. The van der Waals surface area contributed by atoms with E-state index in [1.165, 1.54) is 25.7 Å². The topological polar surface area (TPSA) is 49.3 Å². The van der Waals surface area contributed by atoms with Gasteiger partial charge in [0.2, 0.25) is 0 Å². The lowest BCUT2D eigenvalue weighted by atomic mass is 10.0. The number of nitrogens with one attached hydrogen (secondary N) is 1. The summed E-state index contributed by atoms with van der Waals surface area (Å²) in [5, 5.41) is 12.0. The van der Waals surface area contributed by atoms with Crippen molar-refractivity contribution in [3.8, 4) is 0 Å². The third-order valence-electron chi connectivity index (χ3n) is 3.13. The van der Waals surface area contributed by atoms with Crippen LogP contribution in [0.15, 0.2) is 11.6 Å². The molecule has 0 atom stereocenters. The Morgan fingerprint density at radius 2 is 2.20 bits per heavy atom. The van der Waals surface area contributed by atoms with Gasteiger partial charge in [0.15, 0.2) is 0 Å². The maximum atomic E-state index is 10.5. The summed E-state index contributed by atoms with van der Waals surface area (Å²) in [4.78, 5) is 10.5. The summed E-state index contributed by atoms with van der Waals surface area (Å²) in [5.74, 6) is -0.827. The Hall–Kier alpha value is -0.830. The molecule has 1 fully saturated rings. The van der Waals surface area contributed by atoms with E-state index in [4.69, 9.17) is 5.11 Å². The van der Waals surface area contributed by atoms with Crippen molar-refractivity contribution in [3.63, 3.8) is 0 Å². The molecular formula is C12H21NO2. The molecule has 0 spiro atoms. The molecule has 15 heavy (non-hydrogen) atoms. The van der Waals surface area contributed by atoms with Gasteiger partial charge in [0, 0.05) is 18.7 Å². The van der Waals surface area contributed by atoms with Crippen LogP contribution in [0.4, 0.5) is 0 Å². The molecule has 0 unspecified atom stereocenters. The molecule has 0 aromatic carbocycles. The summed E-state index contributed by atoms with van der Waals surface area (Å²) in [7, 11) is 0. The van der Waals surface area contributed by atoms with E-state index >= 15 is 0 Å². The molecule has 1 aliphatic carbocycles. The second kappa shape index (κ2) is 5.31. The lowest BCUT2D eigenvalue weighted by molar-refractivity contribution is -0.132. The van der Waals surface area contributed by atoms with Gasteiger partial charge in [-0.2, -0.15) is 0 Å². The lowest BCUT2D eigenvalue weighted by Gasteiger charge is -2.13. The monoisotopic (exact) mass is 211 g/mol. The molecule has 1 aliphatic rings. The normalized spacial score (nSPS) is 18.9. The zero-order valence-electron chi connectivity index (χ0n) is 9.68. The Bertz CT molecular complexity index is 254. The Labute approximate surface area is 91.6 Å².